The second-order valence-electron chi connectivity index (χ2n) is 5.29. The molecule has 0 radical (unpaired) electrons. The first-order chi connectivity index (χ1) is 9.16. The lowest BCUT2D eigenvalue weighted by molar-refractivity contribution is 0.160. The summed E-state index contributed by atoms with van der Waals surface area (Å²) < 4.78 is 0.793. The Morgan fingerprint density at radius 1 is 1.37 bits per heavy atom. The van der Waals surface area contributed by atoms with Gasteiger partial charge in [0.15, 0.2) is 0 Å². The zero-order valence-corrected chi connectivity index (χ0v) is 13.2. The van der Waals surface area contributed by atoms with E-state index in [0.717, 1.165) is 36.8 Å². The monoisotopic (exact) mass is 313 g/mol. The van der Waals surface area contributed by atoms with Gasteiger partial charge in [0, 0.05) is 17.3 Å². The molecule has 1 saturated heterocycles. The first-order valence-electron chi connectivity index (χ1n) is 6.37. The summed E-state index contributed by atoms with van der Waals surface area (Å²) >= 11 is 9.30. The zero-order chi connectivity index (χ0) is 13.3. The Balaban J connectivity index is 1.62. The molecule has 0 bridgehead atoms. The zero-order valence-electron chi connectivity index (χ0n) is 10.8. The van der Waals surface area contributed by atoms with Gasteiger partial charge >= 0.3 is 0 Å². The fourth-order valence-electron chi connectivity index (χ4n) is 2.50. The van der Waals surface area contributed by atoms with E-state index in [-0.39, 0.29) is 5.41 Å². The van der Waals surface area contributed by atoms with Crippen LogP contribution in [0.4, 0.5) is 0 Å². The molecule has 2 aromatic rings. The summed E-state index contributed by atoms with van der Waals surface area (Å²) in [6.07, 6.45) is 4.05. The number of hydrogen-bond acceptors (Lipinski definition) is 5. The number of piperidine rings is 1. The van der Waals surface area contributed by atoms with Crippen LogP contribution in [0.15, 0.2) is 17.1 Å². The number of likely N-dealkylation sites (tertiary alicyclic amines) is 1. The van der Waals surface area contributed by atoms with E-state index in [1.165, 1.54) is 10.7 Å². The van der Waals surface area contributed by atoms with E-state index in [1.807, 2.05) is 5.51 Å². The molecule has 0 aromatic carbocycles. The van der Waals surface area contributed by atoms with Gasteiger partial charge in [-0.1, -0.05) is 18.5 Å². The first kappa shape index (κ1) is 13.5. The Morgan fingerprint density at radius 3 is 2.74 bits per heavy atom. The molecule has 1 aliphatic rings. The second kappa shape index (κ2) is 5.48. The Kier molecular flexibility index (Phi) is 3.89. The summed E-state index contributed by atoms with van der Waals surface area (Å²) in [5.74, 6) is 0. The predicted octanol–water partition coefficient (Wildman–Crippen LogP) is 3.81. The highest BCUT2D eigenvalue weighted by molar-refractivity contribution is 7.15. The Bertz CT molecular complexity index is 530. The fourth-order valence-corrected chi connectivity index (χ4v) is 4.16. The molecular weight excluding hydrogens is 298 g/mol. The largest absolute Gasteiger partial charge is 0.297 e. The van der Waals surface area contributed by atoms with E-state index < -0.39 is 0 Å². The van der Waals surface area contributed by atoms with Crippen LogP contribution in [0.1, 0.15) is 30.5 Å². The molecule has 0 atom stereocenters. The van der Waals surface area contributed by atoms with Crippen molar-refractivity contribution in [3.05, 3.63) is 32.1 Å². The van der Waals surface area contributed by atoms with Gasteiger partial charge < -0.3 is 0 Å². The minimum absolute atomic E-state index is 0.191. The molecule has 2 aromatic heterocycles. The van der Waals surface area contributed by atoms with Crippen LogP contribution in [0.2, 0.25) is 4.34 Å². The Morgan fingerprint density at radius 2 is 2.16 bits per heavy atom. The molecule has 3 heterocycles. The maximum Gasteiger partial charge on any atom is 0.113 e. The van der Waals surface area contributed by atoms with Crippen molar-refractivity contribution in [1.82, 2.24) is 14.9 Å². The third kappa shape index (κ3) is 2.99. The molecule has 0 spiro atoms. The first-order valence-corrected chi connectivity index (χ1v) is 8.51. The summed E-state index contributed by atoms with van der Waals surface area (Å²) in [5.41, 5.74) is 3.28. The average Bonchev–Trinajstić information content (AvgIpc) is 3.04. The number of hydrogen-bond donors (Lipinski definition) is 0. The highest BCUT2D eigenvalue weighted by Crippen LogP contribution is 2.38. The summed E-state index contributed by atoms with van der Waals surface area (Å²) in [6, 6.07) is 0. The Hall–Kier alpha value is -0.490. The highest BCUT2D eigenvalue weighted by Gasteiger charge is 2.34. The molecule has 102 valence electrons. The lowest BCUT2D eigenvalue weighted by atomic mass is 9.81. The maximum absolute atomic E-state index is 6.00. The van der Waals surface area contributed by atoms with Crippen molar-refractivity contribution in [3.8, 4) is 0 Å². The topological polar surface area (TPSA) is 29.0 Å². The van der Waals surface area contributed by atoms with Crippen molar-refractivity contribution in [2.75, 3.05) is 13.1 Å². The van der Waals surface area contributed by atoms with Crippen molar-refractivity contribution in [2.24, 2.45) is 0 Å². The van der Waals surface area contributed by atoms with Crippen LogP contribution in [-0.2, 0) is 12.0 Å². The van der Waals surface area contributed by atoms with Gasteiger partial charge in [-0.25, -0.2) is 9.97 Å². The molecule has 0 saturated carbocycles. The van der Waals surface area contributed by atoms with Crippen LogP contribution in [0.25, 0.3) is 0 Å². The smallest absolute Gasteiger partial charge is 0.113 e. The highest BCUT2D eigenvalue weighted by atomic mass is 35.5. The molecule has 6 heteroatoms. The van der Waals surface area contributed by atoms with E-state index >= 15 is 0 Å². The lowest BCUT2D eigenvalue weighted by Crippen LogP contribution is -2.40. The van der Waals surface area contributed by atoms with E-state index in [0.29, 0.717) is 0 Å². The van der Waals surface area contributed by atoms with Gasteiger partial charge in [0.05, 0.1) is 22.4 Å². The minimum Gasteiger partial charge on any atom is -0.297 e. The minimum atomic E-state index is 0.191. The van der Waals surface area contributed by atoms with Crippen molar-refractivity contribution in [3.63, 3.8) is 0 Å². The van der Waals surface area contributed by atoms with E-state index in [1.54, 1.807) is 28.9 Å². The van der Waals surface area contributed by atoms with Gasteiger partial charge in [0.2, 0.25) is 0 Å². The van der Waals surface area contributed by atoms with Crippen molar-refractivity contribution in [1.29, 1.82) is 0 Å². The summed E-state index contributed by atoms with van der Waals surface area (Å²) in [5, 5.41) is 3.32. The van der Waals surface area contributed by atoms with E-state index in [2.05, 4.69) is 27.2 Å². The SMILES string of the molecule is CC1(c2ncc(Cl)s2)CCN(Cc2cscn2)CC1. The lowest BCUT2D eigenvalue weighted by Gasteiger charge is -2.37. The van der Waals surface area contributed by atoms with Gasteiger partial charge in [-0.15, -0.1) is 22.7 Å². The van der Waals surface area contributed by atoms with E-state index in [4.69, 9.17) is 11.6 Å². The van der Waals surface area contributed by atoms with Crippen LogP contribution in [0.5, 0.6) is 0 Å². The number of thiazole rings is 2. The van der Waals surface area contributed by atoms with Gasteiger partial charge in [-0.3, -0.25) is 4.90 Å². The molecule has 0 amide bonds. The van der Waals surface area contributed by atoms with Crippen LogP contribution in [0.3, 0.4) is 0 Å². The number of halogens is 1. The molecular formula is C13H16ClN3S2. The van der Waals surface area contributed by atoms with Crippen LogP contribution >= 0.6 is 34.3 Å². The van der Waals surface area contributed by atoms with Crippen molar-refractivity contribution >= 4 is 34.3 Å². The number of nitrogens with zero attached hydrogens (tertiary/aromatic N) is 3. The summed E-state index contributed by atoms with van der Waals surface area (Å²) in [7, 11) is 0. The van der Waals surface area contributed by atoms with Gasteiger partial charge in [0.25, 0.3) is 0 Å². The quantitative estimate of drug-likeness (QED) is 0.863. The summed E-state index contributed by atoms with van der Waals surface area (Å²) in [4.78, 5) is 11.3. The molecule has 0 aliphatic carbocycles. The third-order valence-electron chi connectivity index (χ3n) is 3.82. The third-order valence-corrected chi connectivity index (χ3v) is 5.88. The fraction of sp³-hybridized carbons (Fsp3) is 0.538. The van der Waals surface area contributed by atoms with Crippen LogP contribution < -0.4 is 0 Å². The van der Waals surface area contributed by atoms with E-state index in [9.17, 15) is 0 Å². The molecule has 0 unspecified atom stereocenters. The average molecular weight is 314 g/mol. The molecule has 3 rings (SSSR count). The number of aromatic nitrogens is 2. The standard InChI is InChI=1S/C13H16ClN3S2/c1-13(12-15-6-11(14)19-12)2-4-17(5-3-13)7-10-8-18-9-16-10/h6,8-9H,2-5,7H2,1H3. The second-order valence-corrected chi connectivity index (χ2v) is 7.67. The van der Waals surface area contributed by atoms with Gasteiger partial charge in [0.1, 0.15) is 4.34 Å². The molecule has 3 nitrogen and oxygen atoms in total. The van der Waals surface area contributed by atoms with Crippen LogP contribution in [0, 0.1) is 0 Å². The predicted molar refractivity (Wildman–Crippen MR) is 81.1 cm³/mol. The molecule has 1 fully saturated rings. The van der Waals surface area contributed by atoms with Crippen LogP contribution in [-0.4, -0.2) is 28.0 Å². The Labute approximate surface area is 126 Å². The summed E-state index contributed by atoms with van der Waals surface area (Å²) in [6.45, 7) is 5.48. The van der Waals surface area contributed by atoms with Gasteiger partial charge in [-0.05, 0) is 25.9 Å². The van der Waals surface area contributed by atoms with Crippen molar-refractivity contribution in [2.45, 2.75) is 31.7 Å². The maximum atomic E-state index is 6.00. The molecule has 1 aliphatic heterocycles. The normalized spacial score (nSPS) is 19.7. The van der Waals surface area contributed by atoms with Crippen molar-refractivity contribution < 1.29 is 0 Å². The number of rotatable bonds is 3. The van der Waals surface area contributed by atoms with Gasteiger partial charge in [-0.2, -0.15) is 0 Å². The molecule has 0 N–H and O–H groups in total. The molecule has 19 heavy (non-hydrogen) atoms.